The molecule has 0 radical (unpaired) electrons. The molecule has 0 aliphatic heterocycles. The summed E-state index contributed by atoms with van der Waals surface area (Å²) in [6, 6.07) is 3.04. The molecule has 1 aliphatic carbocycles. The fraction of sp³-hybridized carbons (Fsp3) is 0.667. The zero-order valence-corrected chi connectivity index (χ0v) is 11.8. The minimum atomic E-state index is -1.06. The van der Waals surface area contributed by atoms with E-state index in [-0.39, 0.29) is 11.9 Å². The Labute approximate surface area is 113 Å². The van der Waals surface area contributed by atoms with Gasteiger partial charge in [-0.05, 0) is 36.7 Å². The molecule has 4 nitrogen and oxygen atoms in total. The van der Waals surface area contributed by atoms with Crippen LogP contribution in [0.5, 0.6) is 5.95 Å². The Morgan fingerprint density at radius 3 is 2.74 bits per heavy atom. The summed E-state index contributed by atoms with van der Waals surface area (Å²) in [7, 11) is 0. The molecular formula is C15H22O4. The van der Waals surface area contributed by atoms with E-state index < -0.39 is 5.97 Å². The molecule has 19 heavy (non-hydrogen) atoms. The lowest BCUT2D eigenvalue weighted by Gasteiger charge is -2.36. The van der Waals surface area contributed by atoms with Crippen molar-refractivity contribution < 1.29 is 19.1 Å². The van der Waals surface area contributed by atoms with Gasteiger partial charge in [-0.2, -0.15) is 0 Å². The Balaban J connectivity index is 2.07. The lowest BCUT2D eigenvalue weighted by atomic mass is 9.75. The van der Waals surface area contributed by atoms with Crippen LogP contribution in [-0.2, 0) is 0 Å². The number of hydrogen-bond acceptors (Lipinski definition) is 3. The molecule has 1 aromatic rings. The van der Waals surface area contributed by atoms with E-state index in [0.29, 0.717) is 23.7 Å². The van der Waals surface area contributed by atoms with Crippen molar-refractivity contribution in [2.45, 2.75) is 46.1 Å². The second-order valence-electron chi connectivity index (χ2n) is 5.91. The quantitative estimate of drug-likeness (QED) is 0.900. The molecule has 1 fully saturated rings. The molecule has 0 bridgehead atoms. The largest absolute Gasteiger partial charge is 0.475 e. The predicted octanol–water partition coefficient (Wildman–Crippen LogP) is 3.82. The molecule has 1 N–H and O–H groups in total. The van der Waals surface area contributed by atoms with Crippen molar-refractivity contribution in [1.82, 2.24) is 0 Å². The highest BCUT2D eigenvalue weighted by Gasteiger charge is 2.32. The summed E-state index contributed by atoms with van der Waals surface area (Å²) in [6.07, 6.45) is 3.53. The molecule has 1 aromatic heterocycles. The van der Waals surface area contributed by atoms with Crippen LogP contribution >= 0.6 is 0 Å². The van der Waals surface area contributed by atoms with E-state index in [1.165, 1.54) is 12.5 Å². The maximum absolute atomic E-state index is 10.8. The maximum Gasteiger partial charge on any atom is 0.371 e. The van der Waals surface area contributed by atoms with Gasteiger partial charge in [0.1, 0.15) is 6.10 Å². The number of rotatable bonds is 4. The van der Waals surface area contributed by atoms with Crippen LogP contribution < -0.4 is 4.74 Å². The molecule has 0 amide bonds. The van der Waals surface area contributed by atoms with Gasteiger partial charge < -0.3 is 14.3 Å². The van der Waals surface area contributed by atoms with E-state index in [1.54, 1.807) is 6.07 Å². The third-order valence-electron chi connectivity index (χ3n) is 4.02. The monoisotopic (exact) mass is 266 g/mol. The molecule has 106 valence electrons. The molecule has 4 heteroatoms. The number of carboxylic acids is 1. The Bertz CT molecular complexity index is 435. The van der Waals surface area contributed by atoms with Crippen molar-refractivity contribution in [3.63, 3.8) is 0 Å². The Morgan fingerprint density at radius 2 is 2.16 bits per heavy atom. The number of aromatic carboxylic acids is 1. The molecular weight excluding hydrogens is 244 g/mol. The first-order valence-electron chi connectivity index (χ1n) is 6.97. The lowest BCUT2D eigenvalue weighted by Crippen LogP contribution is -2.36. The Hall–Kier alpha value is -1.45. The highest BCUT2D eigenvalue weighted by atomic mass is 16.6. The molecule has 1 heterocycles. The summed E-state index contributed by atoms with van der Waals surface area (Å²) in [5, 5.41) is 8.84. The molecule has 0 spiro atoms. The van der Waals surface area contributed by atoms with Gasteiger partial charge in [0.05, 0.1) is 0 Å². The van der Waals surface area contributed by atoms with E-state index in [9.17, 15) is 4.79 Å². The summed E-state index contributed by atoms with van der Waals surface area (Å²) in [6.45, 7) is 6.65. The van der Waals surface area contributed by atoms with E-state index in [1.807, 2.05) is 0 Å². The van der Waals surface area contributed by atoms with Crippen molar-refractivity contribution in [2.24, 2.45) is 17.8 Å². The van der Waals surface area contributed by atoms with Crippen molar-refractivity contribution in [3.8, 4) is 5.95 Å². The minimum absolute atomic E-state index is 0.0695. The highest BCUT2D eigenvalue weighted by Crippen LogP contribution is 2.36. The zero-order valence-electron chi connectivity index (χ0n) is 11.8. The molecule has 1 aliphatic rings. The minimum Gasteiger partial charge on any atom is -0.475 e. The van der Waals surface area contributed by atoms with Crippen LogP contribution in [0, 0.1) is 17.8 Å². The lowest BCUT2D eigenvalue weighted by molar-refractivity contribution is 0.0266. The van der Waals surface area contributed by atoms with Crippen LogP contribution in [0.15, 0.2) is 16.5 Å². The van der Waals surface area contributed by atoms with Crippen molar-refractivity contribution in [2.75, 3.05) is 0 Å². The average Bonchev–Trinajstić information content (AvgIpc) is 2.77. The maximum atomic E-state index is 10.8. The van der Waals surface area contributed by atoms with Crippen LogP contribution in [0.1, 0.15) is 50.6 Å². The summed E-state index contributed by atoms with van der Waals surface area (Å²) in [4.78, 5) is 10.8. The Morgan fingerprint density at radius 1 is 1.42 bits per heavy atom. The van der Waals surface area contributed by atoms with E-state index in [2.05, 4.69) is 20.8 Å². The second-order valence-corrected chi connectivity index (χ2v) is 5.91. The topological polar surface area (TPSA) is 59.7 Å². The molecule has 0 aromatic carbocycles. The fourth-order valence-corrected chi connectivity index (χ4v) is 2.90. The van der Waals surface area contributed by atoms with Crippen LogP contribution in [0.3, 0.4) is 0 Å². The first-order valence-corrected chi connectivity index (χ1v) is 6.97. The Kier molecular flexibility index (Phi) is 4.17. The van der Waals surface area contributed by atoms with Gasteiger partial charge in [-0.15, -0.1) is 0 Å². The molecule has 1 saturated carbocycles. The molecule has 0 saturated heterocycles. The summed E-state index contributed by atoms with van der Waals surface area (Å²) in [5.74, 6) is 0.907. The van der Waals surface area contributed by atoms with E-state index in [4.69, 9.17) is 14.3 Å². The summed E-state index contributed by atoms with van der Waals surface area (Å²) < 4.78 is 11.1. The second kappa shape index (κ2) is 5.68. The van der Waals surface area contributed by atoms with Crippen LogP contribution in [0.25, 0.3) is 0 Å². The molecule has 3 atom stereocenters. The number of carbonyl (C=O) groups is 1. The standard InChI is InChI=1S/C15H22O4/c1-9(2)11-5-4-10(3)8-13(11)19-14-7-6-12(18-14)15(16)17/h6-7,9-11,13H,4-5,8H2,1-3H3,(H,16,17). The first kappa shape index (κ1) is 14.0. The van der Waals surface area contributed by atoms with Gasteiger partial charge in [-0.1, -0.05) is 27.2 Å². The van der Waals surface area contributed by atoms with Crippen molar-refractivity contribution in [1.29, 1.82) is 0 Å². The van der Waals surface area contributed by atoms with E-state index >= 15 is 0 Å². The normalized spacial score (nSPS) is 27.5. The van der Waals surface area contributed by atoms with Gasteiger partial charge in [-0.25, -0.2) is 4.79 Å². The van der Waals surface area contributed by atoms with Gasteiger partial charge in [-0.3, -0.25) is 0 Å². The van der Waals surface area contributed by atoms with Crippen LogP contribution in [0.2, 0.25) is 0 Å². The third-order valence-corrected chi connectivity index (χ3v) is 4.02. The van der Waals surface area contributed by atoms with Gasteiger partial charge in [0.2, 0.25) is 5.76 Å². The zero-order chi connectivity index (χ0) is 14.0. The number of furan rings is 1. The van der Waals surface area contributed by atoms with Crippen LogP contribution in [-0.4, -0.2) is 17.2 Å². The smallest absolute Gasteiger partial charge is 0.371 e. The molecule has 2 rings (SSSR count). The first-order chi connectivity index (χ1) is 8.97. The highest BCUT2D eigenvalue weighted by molar-refractivity contribution is 5.84. The average molecular weight is 266 g/mol. The number of carboxylic acid groups (broad SMARTS) is 1. The third kappa shape index (κ3) is 3.31. The summed E-state index contributed by atoms with van der Waals surface area (Å²) in [5.41, 5.74) is 0. The van der Waals surface area contributed by atoms with Gasteiger partial charge >= 0.3 is 5.97 Å². The van der Waals surface area contributed by atoms with Crippen LogP contribution in [0.4, 0.5) is 0 Å². The predicted molar refractivity (Wildman–Crippen MR) is 71.4 cm³/mol. The molecule has 3 unspecified atom stereocenters. The van der Waals surface area contributed by atoms with Gasteiger partial charge in [0.15, 0.2) is 0 Å². The van der Waals surface area contributed by atoms with Gasteiger partial charge in [0, 0.05) is 6.07 Å². The summed E-state index contributed by atoms with van der Waals surface area (Å²) >= 11 is 0. The SMILES string of the molecule is CC1CCC(C(C)C)C(Oc2ccc(C(=O)O)o2)C1. The van der Waals surface area contributed by atoms with Gasteiger partial charge in [0.25, 0.3) is 5.95 Å². The van der Waals surface area contributed by atoms with E-state index in [0.717, 1.165) is 12.8 Å². The number of hydrogen-bond donors (Lipinski definition) is 1. The fourth-order valence-electron chi connectivity index (χ4n) is 2.90. The van der Waals surface area contributed by atoms with Crippen molar-refractivity contribution in [3.05, 3.63) is 17.9 Å². The number of ether oxygens (including phenoxy) is 1. The van der Waals surface area contributed by atoms with Crippen molar-refractivity contribution >= 4 is 5.97 Å².